The fourth-order valence-electron chi connectivity index (χ4n) is 2.89. The van der Waals surface area contributed by atoms with Gasteiger partial charge in [-0.1, -0.05) is 13.3 Å². The van der Waals surface area contributed by atoms with Crippen molar-refractivity contribution in [3.05, 3.63) is 0 Å². The van der Waals surface area contributed by atoms with Gasteiger partial charge in [-0.3, -0.25) is 4.90 Å². The molecule has 1 unspecified atom stereocenters. The number of hydrogen-bond acceptors (Lipinski definition) is 4. The smallest absolute Gasteiger partial charge is 0.338 e. The molecule has 1 aliphatic rings. The highest BCUT2D eigenvalue weighted by Gasteiger charge is 2.35. The number of methoxy groups -OCH3 is 1. The molecule has 0 aliphatic heterocycles. The van der Waals surface area contributed by atoms with Crippen molar-refractivity contribution >= 4 is 5.97 Å². The number of ether oxygens (including phenoxy) is 1. The molecule has 4 nitrogen and oxygen atoms in total. The summed E-state index contributed by atoms with van der Waals surface area (Å²) in [6, 6.07) is 0.476. The van der Waals surface area contributed by atoms with Gasteiger partial charge in [0.05, 0.1) is 7.11 Å². The van der Waals surface area contributed by atoms with Gasteiger partial charge >= 0.3 is 5.97 Å². The summed E-state index contributed by atoms with van der Waals surface area (Å²) in [6.45, 7) is 4.10. The molecule has 0 saturated heterocycles. The number of esters is 1. The minimum atomic E-state index is -1.41. The van der Waals surface area contributed by atoms with Gasteiger partial charge in [0.2, 0.25) is 0 Å². The van der Waals surface area contributed by atoms with Crippen LogP contribution in [-0.2, 0) is 9.53 Å². The zero-order chi connectivity index (χ0) is 13.8. The average molecular weight is 257 g/mol. The van der Waals surface area contributed by atoms with Crippen LogP contribution in [0.4, 0.5) is 0 Å². The summed E-state index contributed by atoms with van der Waals surface area (Å²) in [6.07, 6.45) is 6.09. The highest BCUT2D eigenvalue weighted by atomic mass is 16.5. The molecule has 1 fully saturated rings. The van der Waals surface area contributed by atoms with E-state index in [0.717, 1.165) is 18.8 Å². The Labute approximate surface area is 110 Å². The van der Waals surface area contributed by atoms with Crippen LogP contribution in [-0.4, -0.2) is 48.3 Å². The molecule has 0 aromatic carbocycles. The molecule has 0 amide bonds. The quantitative estimate of drug-likeness (QED) is 0.763. The fourth-order valence-corrected chi connectivity index (χ4v) is 2.89. The second kappa shape index (κ2) is 6.53. The molecule has 0 radical (unpaired) electrons. The molecule has 106 valence electrons. The Hall–Kier alpha value is -0.610. The molecule has 4 heteroatoms. The summed E-state index contributed by atoms with van der Waals surface area (Å²) < 4.78 is 4.62. The molecular formula is C14H27NO3. The van der Waals surface area contributed by atoms with Crippen molar-refractivity contribution in [3.8, 4) is 0 Å². The maximum atomic E-state index is 11.5. The van der Waals surface area contributed by atoms with Crippen LogP contribution in [0.3, 0.4) is 0 Å². The largest absolute Gasteiger partial charge is 0.467 e. The van der Waals surface area contributed by atoms with E-state index in [4.69, 9.17) is 0 Å². The van der Waals surface area contributed by atoms with Crippen molar-refractivity contribution in [1.29, 1.82) is 0 Å². The maximum Gasteiger partial charge on any atom is 0.338 e. The standard InChI is InChI=1S/C14H27NO3/c1-5-11-6-8-12(9-7-11)15(3)10-14(2,17)13(16)18-4/h11-12,17H,5-10H2,1-4H3. The van der Waals surface area contributed by atoms with Gasteiger partial charge in [-0.25, -0.2) is 4.79 Å². The van der Waals surface area contributed by atoms with Crippen molar-refractivity contribution in [1.82, 2.24) is 4.90 Å². The van der Waals surface area contributed by atoms with E-state index in [2.05, 4.69) is 16.6 Å². The first kappa shape index (κ1) is 15.4. The van der Waals surface area contributed by atoms with Gasteiger partial charge in [0.1, 0.15) is 0 Å². The number of carbonyl (C=O) groups excluding carboxylic acids is 1. The van der Waals surface area contributed by atoms with E-state index in [9.17, 15) is 9.90 Å². The summed E-state index contributed by atoms with van der Waals surface area (Å²) in [5.41, 5.74) is -1.41. The van der Waals surface area contributed by atoms with Gasteiger partial charge in [-0.2, -0.15) is 0 Å². The predicted molar refractivity (Wildman–Crippen MR) is 71.3 cm³/mol. The predicted octanol–water partition coefficient (Wildman–Crippen LogP) is 1.81. The summed E-state index contributed by atoms with van der Waals surface area (Å²) in [4.78, 5) is 13.6. The van der Waals surface area contributed by atoms with Crippen LogP contribution < -0.4 is 0 Å². The second-order valence-electron chi connectivity index (χ2n) is 5.76. The molecule has 0 aromatic heterocycles. The van der Waals surface area contributed by atoms with E-state index >= 15 is 0 Å². The van der Waals surface area contributed by atoms with Crippen LogP contribution >= 0.6 is 0 Å². The third kappa shape index (κ3) is 3.95. The van der Waals surface area contributed by atoms with Gasteiger partial charge in [0.25, 0.3) is 0 Å². The summed E-state index contributed by atoms with van der Waals surface area (Å²) in [5, 5.41) is 10.1. The second-order valence-corrected chi connectivity index (χ2v) is 5.76. The summed E-state index contributed by atoms with van der Waals surface area (Å²) in [5.74, 6) is 0.298. The van der Waals surface area contributed by atoms with E-state index in [1.54, 1.807) is 0 Å². The summed E-state index contributed by atoms with van der Waals surface area (Å²) in [7, 11) is 3.29. The lowest BCUT2D eigenvalue weighted by Crippen LogP contribution is -2.49. The molecule has 1 rings (SSSR count). The molecule has 0 spiro atoms. The van der Waals surface area contributed by atoms with Crippen molar-refractivity contribution in [2.45, 2.75) is 57.6 Å². The Morgan fingerprint density at radius 2 is 1.94 bits per heavy atom. The molecule has 1 aliphatic carbocycles. The van der Waals surface area contributed by atoms with E-state index in [1.165, 1.54) is 33.3 Å². The monoisotopic (exact) mass is 257 g/mol. The van der Waals surface area contributed by atoms with Crippen LogP contribution in [0.15, 0.2) is 0 Å². The SMILES string of the molecule is CCC1CCC(N(C)CC(C)(O)C(=O)OC)CC1. The first-order valence-electron chi connectivity index (χ1n) is 6.91. The van der Waals surface area contributed by atoms with Gasteiger partial charge in [-0.15, -0.1) is 0 Å². The molecule has 0 heterocycles. The van der Waals surface area contributed by atoms with E-state index in [1.807, 2.05) is 7.05 Å². The lowest BCUT2D eigenvalue weighted by atomic mass is 9.84. The number of rotatable bonds is 5. The van der Waals surface area contributed by atoms with Crippen LogP contribution in [0.5, 0.6) is 0 Å². The van der Waals surface area contributed by atoms with Crippen LogP contribution in [0.25, 0.3) is 0 Å². The number of nitrogens with zero attached hydrogens (tertiary/aromatic N) is 1. The number of hydrogen-bond donors (Lipinski definition) is 1. The van der Waals surface area contributed by atoms with E-state index in [-0.39, 0.29) is 0 Å². The first-order valence-corrected chi connectivity index (χ1v) is 6.91. The Balaban J connectivity index is 2.46. The first-order chi connectivity index (χ1) is 8.40. The van der Waals surface area contributed by atoms with Crippen LogP contribution in [0.2, 0.25) is 0 Å². The Morgan fingerprint density at radius 1 is 1.39 bits per heavy atom. The highest BCUT2D eigenvalue weighted by molar-refractivity contribution is 5.78. The number of aliphatic hydroxyl groups is 1. The summed E-state index contributed by atoms with van der Waals surface area (Å²) >= 11 is 0. The zero-order valence-electron chi connectivity index (χ0n) is 12.1. The van der Waals surface area contributed by atoms with Crippen LogP contribution in [0.1, 0.15) is 46.0 Å². The van der Waals surface area contributed by atoms with Crippen molar-refractivity contribution < 1.29 is 14.6 Å². The Kier molecular flexibility index (Phi) is 5.60. The minimum absolute atomic E-state index is 0.334. The van der Waals surface area contributed by atoms with E-state index < -0.39 is 11.6 Å². The molecule has 1 atom stereocenters. The van der Waals surface area contributed by atoms with Gasteiger partial charge < -0.3 is 9.84 Å². The highest BCUT2D eigenvalue weighted by Crippen LogP contribution is 2.29. The maximum absolute atomic E-state index is 11.5. The molecule has 0 aromatic rings. The molecular weight excluding hydrogens is 230 g/mol. The van der Waals surface area contributed by atoms with Gasteiger partial charge in [0, 0.05) is 12.6 Å². The van der Waals surface area contributed by atoms with Crippen molar-refractivity contribution in [2.75, 3.05) is 20.7 Å². The average Bonchev–Trinajstić information content (AvgIpc) is 2.37. The van der Waals surface area contributed by atoms with Crippen LogP contribution in [0, 0.1) is 5.92 Å². The fraction of sp³-hybridized carbons (Fsp3) is 0.929. The molecule has 1 saturated carbocycles. The van der Waals surface area contributed by atoms with Gasteiger partial charge in [-0.05, 0) is 45.6 Å². The third-order valence-corrected chi connectivity index (χ3v) is 4.20. The third-order valence-electron chi connectivity index (χ3n) is 4.20. The lowest BCUT2D eigenvalue weighted by Gasteiger charge is -2.37. The Bertz CT molecular complexity index is 270. The molecule has 0 bridgehead atoms. The van der Waals surface area contributed by atoms with Gasteiger partial charge in [0.15, 0.2) is 5.60 Å². The number of carbonyl (C=O) groups is 1. The topological polar surface area (TPSA) is 49.8 Å². The van der Waals surface area contributed by atoms with E-state index in [0.29, 0.717) is 12.6 Å². The lowest BCUT2D eigenvalue weighted by molar-refractivity contribution is -0.162. The Morgan fingerprint density at radius 3 is 2.39 bits per heavy atom. The molecule has 18 heavy (non-hydrogen) atoms. The zero-order valence-corrected chi connectivity index (χ0v) is 12.1. The molecule has 1 N–H and O–H groups in total. The normalized spacial score (nSPS) is 27.9. The van der Waals surface area contributed by atoms with Crippen molar-refractivity contribution in [2.24, 2.45) is 5.92 Å². The minimum Gasteiger partial charge on any atom is -0.467 e. The van der Waals surface area contributed by atoms with Crippen molar-refractivity contribution in [3.63, 3.8) is 0 Å². The number of likely N-dealkylation sites (N-methyl/N-ethyl adjacent to an activating group) is 1.